The summed E-state index contributed by atoms with van der Waals surface area (Å²) in [6.45, 7) is 6.19. The number of aryl methyl sites for hydroxylation is 2. The van der Waals surface area contributed by atoms with Gasteiger partial charge in [0.15, 0.2) is 5.76 Å². The Labute approximate surface area is 116 Å². The molecule has 20 heavy (non-hydrogen) atoms. The van der Waals surface area contributed by atoms with Crippen LogP contribution in [-0.2, 0) is 11.3 Å². The molecule has 0 bridgehead atoms. The predicted molar refractivity (Wildman–Crippen MR) is 72.3 cm³/mol. The average molecular weight is 275 g/mol. The zero-order chi connectivity index (χ0) is 14.7. The van der Waals surface area contributed by atoms with E-state index in [0.29, 0.717) is 6.54 Å². The molecule has 0 saturated heterocycles. The first kappa shape index (κ1) is 14.0. The van der Waals surface area contributed by atoms with E-state index in [9.17, 15) is 9.59 Å². The minimum Gasteiger partial charge on any atom is -0.461 e. The van der Waals surface area contributed by atoms with Gasteiger partial charge in [-0.25, -0.2) is 0 Å². The number of aromatic nitrogens is 2. The molecule has 106 valence electrons. The van der Waals surface area contributed by atoms with Gasteiger partial charge in [0.2, 0.25) is 0 Å². The lowest BCUT2D eigenvalue weighted by Gasteiger charge is -2.14. The molecule has 2 aromatic rings. The molecule has 2 aromatic heterocycles. The summed E-state index contributed by atoms with van der Waals surface area (Å²) < 4.78 is 6.71. The van der Waals surface area contributed by atoms with Gasteiger partial charge in [0.25, 0.3) is 11.7 Å². The van der Waals surface area contributed by atoms with Crippen LogP contribution in [-0.4, -0.2) is 27.5 Å². The molecule has 6 heteroatoms. The van der Waals surface area contributed by atoms with Crippen LogP contribution in [0.3, 0.4) is 0 Å². The molecule has 0 aromatic carbocycles. The molecule has 6 nitrogen and oxygen atoms in total. The first-order valence-corrected chi connectivity index (χ1v) is 6.37. The molecule has 0 unspecified atom stereocenters. The first-order valence-electron chi connectivity index (χ1n) is 6.37. The molecule has 0 aliphatic carbocycles. The number of hydrogen-bond donors (Lipinski definition) is 1. The van der Waals surface area contributed by atoms with Gasteiger partial charge in [-0.1, -0.05) is 0 Å². The van der Waals surface area contributed by atoms with E-state index in [0.717, 1.165) is 11.4 Å². The van der Waals surface area contributed by atoms with E-state index in [4.69, 9.17) is 4.42 Å². The van der Waals surface area contributed by atoms with Crippen LogP contribution in [0.1, 0.15) is 28.9 Å². The number of carbonyl (C=O) groups is 2. The number of nitrogens with zero attached hydrogens (tertiary/aromatic N) is 2. The maximum Gasteiger partial charge on any atom is 0.296 e. The Hall–Kier alpha value is -2.37. The lowest BCUT2D eigenvalue weighted by molar-refractivity contribution is -0.117. The maximum atomic E-state index is 11.8. The van der Waals surface area contributed by atoms with Crippen LogP contribution in [0.5, 0.6) is 0 Å². The molecular weight excluding hydrogens is 258 g/mol. The highest BCUT2D eigenvalue weighted by Gasteiger charge is 2.20. The van der Waals surface area contributed by atoms with Gasteiger partial charge in [0.1, 0.15) is 0 Å². The molecule has 2 rings (SSSR count). The van der Waals surface area contributed by atoms with Crippen molar-refractivity contribution < 1.29 is 14.0 Å². The van der Waals surface area contributed by atoms with Crippen molar-refractivity contribution >= 4 is 11.7 Å². The Morgan fingerprint density at radius 1 is 1.45 bits per heavy atom. The minimum atomic E-state index is -0.672. The van der Waals surface area contributed by atoms with Crippen LogP contribution >= 0.6 is 0 Å². The zero-order valence-electron chi connectivity index (χ0n) is 11.7. The Bertz CT molecular complexity index is 614. The van der Waals surface area contributed by atoms with Crippen molar-refractivity contribution in [1.82, 2.24) is 15.1 Å². The quantitative estimate of drug-likeness (QED) is 0.662. The molecule has 0 aliphatic heterocycles. The molecule has 1 atom stereocenters. The van der Waals surface area contributed by atoms with E-state index in [1.807, 2.05) is 26.8 Å². The van der Waals surface area contributed by atoms with Crippen LogP contribution in [0.15, 0.2) is 28.9 Å². The van der Waals surface area contributed by atoms with Gasteiger partial charge in [0.05, 0.1) is 18.5 Å². The first-order chi connectivity index (χ1) is 9.47. The lowest BCUT2D eigenvalue weighted by atomic mass is 10.2. The maximum absolute atomic E-state index is 11.8. The molecule has 0 radical (unpaired) electrons. The zero-order valence-corrected chi connectivity index (χ0v) is 11.7. The SMILES string of the molecule is Cc1cc(C)n(C[C@@H](C)NC(=O)C(=O)c2ccco2)n1. The summed E-state index contributed by atoms with van der Waals surface area (Å²) >= 11 is 0. The Balaban J connectivity index is 1.94. The van der Waals surface area contributed by atoms with Gasteiger partial charge in [-0.05, 0) is 39.0 Å². The number of hydrogen-bond acceptors (Lipinski definition) is 4. The van der Waals surface area contributed by atoms with Gasteiger partial charge < -0.3 is 9.73 Å². The third-order valence-corrected chi connectivity index (χ3v) is 2.88. The number of ketones is 1. The van der Waals surface area contributed by atoms with Crippen LogP contribution < -0.4 is 5.32 Å². The fourth-order valence-electron chi connectivity index (χ4n) is 1.97. The molecule has 0 aliphatic rings. The van der Waals surface area contributed by atoms with Crippen LogP contribution in [0.25, 0.3) is 0 Å². The van der Waals surface area contributed by atoms with Gasteiger partial charge in [-0.2, -0.15) is 5.10 Å². The Morgan fingerprint density at radius 3 is 2.75 bits per heavy atom. The average Bonchev–Trinajstić information content (AvgIpc) is 2.99. The van der Waals surface area contributed by atoms with E-state index in [1.54, 1.807) is 10.7 Å². The van der Waals surface area contributed by atoms with Crippen molar-refractivity contribution in [2.24, 2.45) is 0 Å². The molecule has 1 N–H and O–H groups in total. The van der Waals surface area contributed by atoms with Crippen molar-refractivity contribution in [3.63, 3.8) is 0 Å². The molecule has 0 fully saturated rings. The number of carbonyl (C=O) groups excluding carboxylic acids is 2. The van der Waals surface area contributed by atoms with Crippen molar-refractivity contribution in [2.75, 3.05) is 0 Å². The van der Waals surface area contributed by atoms with Crippen molar-refractivity contribution in [3.8, 4) is 0 Å². The predicted octanol–water partition coefficient (Wildman–Crippen LogP) is 1.48. The number of nitrogens with one attached hydrogen (secondary N) is 1. The van der Waals surface area contributed by atoms with E-state index in [1.165, 1.54) is 12.3 Å². The highest BCUT2D eigenvalue weighted by molar-refractivity contribution is 6.42. The second-order valence-electron chi connectivity index (χ2n) is 4.79. The summed E-state index contributed by atoms with van der Waals surface area (Å²) in [5, 5.41) is 6.96. The minimum absolute atomic E-state index is 0.0424. The Morgan fingerprint density at radius 2 is 2.20 bits per heavy atom. The second-order valence-corrected chi connectivity index (χ2v) is 4.79. The van der Waals surface area contributed by atoms with Crippen molar-refractivity contribution in [2.45, 2.75) is 33.4 Å². The lowest BCUT2D eigenvalue weighted by Crippen LogP contribution is -2.40. The van der Waals surface area contributed by atoms with Gasteiger partial charge in [-0.15, -0.1) is 0 Å². The molecule has 1 amide bonds. The van der Waals surface area contributed by atoms with Crippen molar-refractivity contribution in [3.05, 3.63) is 41.6 Å². The summed E-state index contributed by atoms with van der Waals surface area (Å²) in [6.07, 6.45) is 1.36. The van der Waals surface area contributed by atoms with E-state index < -0.39 is 11.7 Å². The fraction of sp³-hybridized carbons (Fsp3) is 0.357. The van der Waals surface area contributed by atoms with Gasteiger partial charge in [-0.3, -0.25) is 14.3 Å². The monoisotopic (exact) mass is 275 g/mol. The molecule has 2 heterocycles. The second kappa shape index (κ2) is 5.73. The summed E-state index contributed by atoms with van der Waals surface area (Å²) in [5.74, 6) is -1.30. The molecule has 0 spiro atoms. The number of furan rings is 1. The van der Waals surface area contributed by atoms with Gasteiger partial charge in [0, 0.05) is 11.7 Å². The number of Topliss-reactive ketones (excluding diaryl/α,β-unsaturated/α-hetero) is 1. The van der Waals surface area contributed by atoms with E-state index in [-0.39, 0.29) is 11.8 Å². The molecule has 0 saturated carbocycles. The third kappa shape index (κ3) is 3.14. The third-order valence-electron chi connectivity index (χ3n) is 2.88. The molecular formula is C14H17N3O3. The van der Waals surface area contributed by atoms with Gasteiger partial charge >= 0.3 is 0 Å². The topological polar surface area (TPSA) is 77.1 Å². The van der Waals surface area contributed by atoms with Crippen LogP contribution in [0.4, 0.5) is 0 Å². The standard InChI is InChI=1S/C14H17N3O3/c1-9-7-11(3)17(16-9)8-10(2)15-14(19)13(18)12-5-4-6-20-12/h4-7,10H,8H2,1-3H3,(H,15,19)/t10-/m1/s1. The highest BCUT2D eigenvalue weighted by atomic mass is 16.3. The van der Waals surface area contributed by atoms with Crippen molar-refractivity contribution in [1.29, 1.82) is 0 Å². The summed E-state index contributed by atoms with van der Waals surface area (Å²) in [4.78, 5) is 23.5. The number of amides is 1. The van der Waals surface area contributed by atoms with E-state index >= 15 is 0 Å². The highest BCUT2D eigenvalue weighted by Crippen LogP contribution is 2.04. The fourth-order valence-corrected chi connectivity index (χ4v) is 1.97. The summed E-state index contributed by atoms with van der Waals surface area (Å²) in [7, 11) is 0. The number of rotatable bonds is 5. The summed E-state index contributed by atoms with van der Waals surface area (Å²) in [6, 6.07) is 4.79. The smallest absolute Gasteiger partial charge is 0.296 e. The Kier molecular flexibility index (Phi) is 4.02. The van der Waals surface area contributed by atoms with Crippen LogP contribution in [0, 0.1) is 13.8 Å². The summed E-state index contributed by atoms with van der Waals surface area (Å²) in [5.41, 5.74) is 1.94. The van der Waals surface area contributed by atoms with Crippen LogP contribution in [0.2, 0.25) is 0 Å². The van der Waals surface area contributed by atoms with E-state index in [2.05, 4.69) is 10.4 Å². The normalized spacial score (nSPS) is 12.2. The largest absolute Gasteiger partial charge is 0.461 e.